The highest BCUT2D eigenvalue weighted by atomic mass is 16.2. The molecule has 0 saturated heterocycles. The van der Waals surface area contributed by atoms with Crippen LogP contribution in [0.25, 0.3) is 22.4 Å². The molecule has 5 rings (SSSR count). The number of nitrogens with two attached hydrogens (primary N) is 1. The summed E-state index contributed by atoms with van der Waals surface area (Å²) in [5.41, 5.74) is 9.09. The molecule has 2 heterocycles. The van der Waals surface area contributed by atoms with Crippen molar-refractivity contribution >= 4 is 23.4 Å². The molecule has 4 aromatic rings. The van der Waals surface area contributed by atoms with Crippen LogP contribution in [0.4, 0.5) is 5.69 Å². The van der Waals surface area contributed by atoms with Crippen LogP contribution < -0.4 is 10.6 Å². The Morgan fingerprint density at radius 3 is 2.29 bits per heavy atom. The molecule has 0 spiro atoms. The number of fused-ring (bicyclic) bond motifs is 1. The quantitative estimate of drug-likeness (QED) is 0.502. The first-order chi connectivity index (χ1) is 15.0. The molecule has 0 unspecified atom stereocenters. The molecule has 150 valence electrons. The van der Waals surface area contributed by atoms with E-state index in [4.69, 9.17) is 5.73 Å². The number of primary amides is 1. The lowest BCUT2D eigenvalue weighted by Gasteiger charge is -2.18. The Kier molecular flexibility index (Phi) is 4.18. The highest BCUT2D eigenvalue weighted by Gasteiger charge is 2.38. The molecule has 8 heteroatoms. The smallest absolute Gasteiger partial charge is 0.266 e. The molecular formula is C23H15N5O3. The molecule has 1 aliphatic rings. The first-order valence-electron chi connectivity index (χ1n) is 9.43. The van der Waals surface area contributed by atoms with Gasteiger partial charge in [0.2, 0.25) is 0 Å². The molecule has 3 amide bonds. The zero-order valence-electron chi connectivity index (χ0n) is 16.1. The van der Waals surface area contributed by atoms with Gasteiger partial charge in [0.25, 0.3) is 17.7 Å². The van der Waals surface area contributed by atoms with Crippen molar-refractivity contribution in [3.8, 4) is 22.4 Å². The number of hydrogen-bond acceptors (Lipinski definition) is 5. The summed E-state index contributed by atoms with van der Waals surface area (Å²) in [4.78, 5) is 39.5. The van der Waals surface area contributed by atoms with Crippen LogP contribution in [0.5, 0.6) is 0 Å². The van der Waals surface area contributed by atoms with Gasteiger partial charge in [-0.05, 0) is 35.4 Å². The predicted octanol–water partition coefficient (Wildman–Crippen LogP) is 3.04. The fourth-order valence-electron chi connectivity index (χ4n) is 3.70. The molecule has 0 atom stereocenters. The van der Waals surface area contributed by atoms with Gasteiger partial charge >= 0.3 is 0 Å². The van der Waals surface area contributed by atoms with Crippen LogP contribution in [0, 0.1) is 0 Å². The Balaban J connectivity index is 1.63. The third-order valence-electron chi connectivity index (χ3n) is 5.21. The van der Waals surface area contributed by atoms with Crippen molar-refractivity contribution in [3.05, 3.63) is 89.6 Å². The van der Waals surface area contributed by atoms with Gasteiger partial charge in [0.05, 0.1) is 22.4 Å². The average Bonchev–Trinajstić information content (AvgIpc) is 3.41. The Morgan fingerprint density at radius 1 is 0.839 bits per heavy atom. The molecule has 31 heavy (non-hydrogen) atoms. The molecule has 1 aromatic heterocycles. The standard InChI is InChI=1S/C23H15N5O3/c24-21(29)17-9-6-14(13-4-2-1-3-5-13)11-20(17)28-22(30)16-8-7-15(10-18(16)23(28)31)19-12-25-27-26-19/h1-12H,(H2,24,29)(H,25,26,27). The molecule has 1 aliphatic heterocycles. The normalized spacial score (nSPS) is 12.8. The summed E-state index contributed by atoms with van der Waals surface area (Å²) in [6, 6.07) is 19.2. The number of aromatic amines is 1. The third kappa shape index (κ3) is 2.98. The van der Waals surface area contributed by atoms with Crippen LogP contribution in [0.15, 0.2) is 72.9 Å². The maximum atomic E-state index is 13.3. The molecule has 0 saturated carbocycles. The first-order valence-corrected chi connectivity index (χ1v) is 9.43. The van der Waals surface area contributed by atoms with Gasteiger partial charge in [0.15, 0.2) is 0 Å². The van der Waals surface area contributed by atoms with Crippen LogP contribution in [-0.4, -0.2) is 33.1 Å². The van der Waals surface area contributed by atoms with E-state index in [9.17, 15) is 14.4 Å². The van der Waals surface area contributed by atoms with Crippen molar-refractivity contribution < 1.29 is 14.4 Å². The summed E-state index contributed by atoms with van der Waals surface area (Å²) in [6.45, 7) is 0. The maximum Gasteiger partial charge on any atom is 0.266 e. The largest absolute Gasteiger partial charge is 0.366 e. The number of imide groups is 1. The second kappa shape index (κ2) is 7.03. The van der Waals surface area contributed by atoms with E-state index in [1.807, 2.05) is 30.3 Å². The Morgan fingerprint density at radius 2 is 1.58 bits per heavy atom. The number of rotatable bonds is 4. The molecule has 0 bridgehead atoms. The number of H-pyrrole nitrogens is 1. The lowest BCUT2D eigenvalue weighted by molar-refractivity contribution is 0.0926. The van der Waals surface area contributed by atoms with E-state index >= 15 is 0 Å². The zero-order valence-corrected chi connectivity index (χ0v) is 16.1. The van der Waals surface area contributed by atoms with Crippen LogP contribution >= 0.6 is 0 Å². The van der Waals surface area contributed by atoms with E-state index < -0.39 is 17.7 Å². The lowest BCUT2D eigenvalue weighted by atomic mass is 10.0. The van der Waals surface area contributed by atoms with E-state index in [0.29, 0.717) is 11.3 Å². The molecule has 3 N–H and O–H groups in total. The van der Waals surface area contributed by atoms with Crippen LogP contribution in [0.3, 0.4) is 0 Å². The second-order valence-corrected chi connectivity index (χ2v) is 7.03. The summed E-state index contributed by atoms with van der Waals surface area (Å²) in [7, 11) is 0. The molecule has 0 aliphatic carbocycles. The summed E-state index contributed by atoms with van der Waals surface area (Å²) in [5.74, 6) is -1.77. The van der Waals surface area contributed by atoms with Crippen molar-refractivity contribution in [1.29, 1.82) is 0 Å². The average molecular weight is 409 g/mol. The number of carbonyl (C=O) groups excluding carboxylic acids is 3. The van der Waals surface area contributed by atoms with Gasteiger partial charge in [-0.25, -0.2) is 4.90 Å². The van der Waals surface area contributed by atoms with E-state index in [1.165, 1.54) is 6.07 Å². The molecule has 0 radical (unpaired) electrons. The number of aromatic nitrogens is 3. The maximum absolute atomic E-state index is 13.3. The van der Waals surface area contributed by atoms with Gasteiger partial charge < -0.3 is 5.73 Å². The minimum atomic E-state index is -0.727. The highest BCUT2D eigenvalue weighted by molar-refractivity contribution is 6.35. The van der Waals surface area contributed by atoms with Crippen molar-refractivity contribution in [2.24, 2.45) is 5.73 Å². The van der Waals surface area contributed by atoms with E-state index in [0.717, 1.165) is 16.0 Å². The van der Waals surface area contributed by atoms with Gasteiger partial charge in [-0.2, -0.15) is 0 Å². The summed E-state index contributed by atoms with van der Waals surface area (Å²) >= 11 is 0. The zero-order chi connectivity index (χ0) is 21.5. The number of carbonyl (C=O) groups is 3. The lowest BCUT2D eigenvalue weighted by Crippen LogP contribution is -2.31. The third-order valence-corrected chi connectivity index (χ3v) is 5.21. The summed E-state index contributed by atoms with van der Waals surface area (Å²) < 4.78 is 0. The number of hydrogen-bond donors (Lipinski definition) is 2. The van der Waals surface area contributed by atoms with E-state index in [2.05, 4.69) is 15.4 Å². The van der Waals surface area contributed by atoms with Crippen LogP contribution in [0.1, 0.15) is 31.1 Å². The van der Waals surface area contributed by atoms with E-state index in [1.54, 1.807) is 36.5 Å². The Bertz CT molecular complexity index is 1350. The van der Waals surface area contributed by atoms with Gasteiger partial charge in [0, 0.05) is 11.8 Å². The van der Waals surface area contributed by atoms with Gasteiger partial charge in [-0.15, -0.1) is 5.10 Å². The van der Waals surface area contributed by atoms with Crippen LogP contribution in [-0.2, 0) is 0 Å². The van der Waals surface area contributed by atoms with Crippen molar-refractivity contribution in [2.45, 2.75) is 0 Å². The Labute approximate surface area is 176 Å². The molecular weight excluding hydrogens is 394 g/mol. The summed E-state index contributed by atoms with van der Waals surface area (Å²) in [5, 5.41) is 10.2. The molecule has 0 fully saturated rings. The number of nitrogens with one attached hydrogen (secondary N) is 1. The minimum Gasteiger partial charge on any atom is -0.366 e. The minimum absolute atomic E-state index is 0.0888. The highest BCUT2D eigenvalue weighted by Crippen LogP contribution is 2.35. The number of nitrogens with zero attached hydrogens (tertiary/aromatic N) is 3. The van der Waals surface area contributed by atoms with Gasteiger partial charge in [-0.3, -0.25) is 19.5 Å². The number of anilines is 1. The molecule has 8 nitrogen and oxygen atoms in total. The Hall–Kier alpha value is -4.59. The summed E-state index contributed by atoms with van der Waals surface area (Å²) in [6.07, 6.45) is 1.59. The van der Waals surface area contributed by atoms with Crippen molar-refractivity contribution in [3.63, 3.8) is 0 Å². The fourth-order valence-corrected chi connectivity index (χ4v) is 3.70. The number of amides is 3. The second-order valence-electron chi connectivity index (χ2n) is 7.03. The van der Waals surface area contributed by atoms with Gasteiger partial charge in [0.1, 0.15) is 5.69 Å². The fraction of sp³-hybridized carbons (Fsp3) is 0. The van der Waals surface area contributed by atoms with Crippen LogP contribution in [0.2, 0.25) is 0 Å². The SMILES string of the molecule is NC(=O)c1ccc(-c2ccccc2)cc1N1C(=O)c2ccc(-c3c[nH]nn3)cc2C1=O. The topological polar surface area (TPSA) is 122 Å². The van der Waals surface area contributed by atoms with Crippen molar-refractivity contribution in [1.82, 2.24) is 15.4 Å². The number of benzene rings is 3. The van der Waals surface area contributed by atoms with Crippen molar-refractivity contribution in [2.75, 3.05) is 4.90 Å². The monoisotopic (exact) mass is 409 g/mol. The van der Waals surface area contributed by atoms with Gasteiger partial charge in [-0.1, -0.05) is 47.7 Å². The first kappa shape index (κ1) is 18.4. The molecule has 3 aromatic carbocycles. The predicted molar refractivity (Wildman–Crippen MR) is 113 cm³/mol. The van der Waals surface area contributed by atoms with E-state index in [-0.39, 0.29) is 22.4 Å².